The van der Waals surface area contributed by atoms with Gasteiger partial charge in [0.1, 0.15) is 5.75 Å². The molecule has 0 amide bonds. The van der Waals surface area contributed by atoms with Crippen molar-refractivity contribution < 1.29 is 5.11 Å². The summed E-state index contributed by atoms with van der Waals surface area (Å²) in [6.07, 6.45) is 0. The molecule has 0 unspecified atom stereocenters. The summed E-state index contributed by atoms with van der Waals surface area (Å²) in [7, 11) is 3.99. The molecular formula is C22H32N2OS. The molecule has 0 aliphatic heterocycles. The second-order valence-electron chi connectivity index (χ2n) is 9.08. The summed E-state index contributed by atoms with van der Waals surface area (Å²) in [6.45, 7) is 12.8. The van der Waals surface area contributed by atoms with Crippen LogP contribution < -0.4 is 10.6 Å². The van der Waals surface area contributed by atoms with E-state index in [1.165, 1.54) is 0 Å². The van der Waals surface area contributed by atoms with Crippen LogP contribution in [0.25, 0.3) is 0 Å². The Balaban J connectivity index is 2.55. The Morgan fingerprint density at radius 3 is 1.77 bits per heavy atom. The van der Waals surface area contributed by atoms with Crippen molar-refractivity contribution in [3.05, 3.63) is 41.5 Å². The van der Waals surface area contributed by atoms with E-state index in [1.807, 2.05) is 31.1 Å². The number of nitrogen functional groups attached to an aromatic ring is 1. The van der Waals surface area contributed by atoms with Gasteiger partial charge in [-0.05, 0) is 41.2 Å². The molecule has 0 heterocycles. The predicted octanol–water partition coefficient (Wildman–Crippen LogP) is 5.79. The van der Waals surface area contributed by atoms with Gasteiger partial charge in [-0.2, -0.15) is 0 Å². The van der Waals surface area contributed by atoms with Crippen LogP contribution in [0.3, 0.4) is 0 Å². The fourth-order valence-corrected chi connectivity index (χ4v) is 3.85. The molecule has 2 aromatic carbocycles. The zero-order chi connectivity index (χ0) is 19.9. The zero-order valence-corrected chi connectivity index (χ0v) is 18.1. The monoisotopic (exact) mass is 372 g/mol. The molecule has 3 N–H and O–H groups in total. The van der Waals surface area contributed by atoms with Gasteiger partial charge in [0, 0.05) is 35.0 Å². The number of benzene rings is 2. The van der Waals surface area contributed by atoms with E-state index in [2.05, 4.69) is 59.7 Å². The van der Waals surface area contributed by atoms with Gasteiger partial charge in [0.15, 0.2) is 0 Å². The minimum Gasteiger partial charge on any atom is -0.507 e. The topological polar surface area (TPSA) is 49.5 Å². The first-order chi connectivity index (χ1) is 11.8. The average Bonchev–Trinajstić information content (AvgIpc) is 2.48. The highest BCUT2D eigenvalue weighted by Gasteiger charge is 2.26. The van der Waals surface area contributed by atoms with E-state index < -0.39 is 0 Å². The molecular weight excluding hydrogens is 340 g/mol. The van der Waals surface area contributed by atoms with Crippen LogP contribution in [0.1, 0.15) is 52.7 Å². The highest BCUT2D eigenvalue weighted by atomic mass is 32.2. The fraction of sp³-hybridized carbons (Fsp3) is 0.455. The normalized spacial score (nSPS) is 12.3. The summed E-state index contributed by atoms with van der Waals surface area (Å²) >= 11 is 1.70. The first-order valence-electron chi connectivity index (χ1n) is 8.93. The number of nitrogens with zero attached hydrogens (tertiary/aromatic N) is 1. The first-order valence-corrected chi connectivity index (χ1v) is 9.75. The number of nitrogens with two attached hydrogens (primary N) is 1. The van der Waals surface area contributed by atoms with E-state index in [0.717, 1.165) is 32.3 Å². The summed E-state index contributed by atoms with van der Waals surface area (Å²) in [5, 5.41) is 10.9. The van der Waals surface area contributed by atoms with E-state index in [4.69, 9.17) is 5.73 Å². The van der Waals surface area contributed by atoms with Crippen molar-refractivity contribution in [2.75, 3.05) is 24.7 Å². The Morgan fingerprint density at radius 2 is 1.35 bits per heavy atom. The summed E-state index contributed by atoms with van der Waals surface area (Å²) in [5.41, 5.74) is 9.58. The summed E-state index contributed by atoms with van der Waals surface area (Å²) in [6, 6.07) is 10.3. The van der Waals surface area contributed by atoms with Crippen molar-refractivity contribution in [1.29, 1.82) is 0 Å². The molecule has 0 saturated heterocycles. The molecule has 26 heavy (non-hydrogen) atoms. The lowest BCUT2D eigenvalue weighted by Crippen LogP contribution is -2.17. The van der Waals surface area contributed by atoms with Crippen LogP contribution in [-0.2, 0) is 10.8 Å². The average molecular weight is 373 g/mol. The van der Waals surface area contributed by atoms with Gasteiger partial charge >= 0.3 is 0 Å². The van der Waals surface area contributed by atoms with Crippen molar-refractivity contribution in [3.63, 3.8) is 0 Å². The molecule has 0 aromatic heterocycles. The molecule has 0 radical (unpaired) electrons. The minimum atomic E-state index is -0.128. The Morgan fingerprint density at radius 1 is 0.846 bits per heavy atom. The van der Waals surface area contributed by atoms with Crippen LogP contribution in [0.5, 0.6) is 5.75 Å². The highest BCUT2D eigenvalue weighted by molar-refractivity contribution is 7.99. The van der Waals surface area contributed by atoms with E-state index in [1.54, 1.807) is 11.8 Å². The molecule has 0 atom stereocenters. The number of anilines is 2. The second kappa shape index (κ2) is 7.07. The molecule has 142 valence electrons. The summed E-state index contributed by atoms with van der Waals surface area (Å²) in [5.74, 6) is 0.417. The number of hydrogen-bond acceptors (Lipinski definition) is 4. The zero-order valence-electron chi connectivity index (χ0n) is 17.3. The number of phenols is 1. The van der Waals surface area contributed by atoms with Crippen LogP contribution >= 0.6 is 11.8 Å². The largest absolute Gasteiger partial charge is 0.507 e. The van der Waals surface area contributed by atoms with Crippen LogP contribution in [0, 0.1) is 0 Å². The van der Waals surface area contributed by atoms with E-state index >= 15 is 0 Å². The van der Waals surface area contributed by atoms with Crippen LogP contribution in [0.15, 0.2) is 40.1 Å². The third kappa shape index (κ3) is 4.47. The first kappa shape index (κ1) is 20.5. The van der Waals surface area contributed by atoms with Gasteiger partial charge in [-0.3, -0.25) is 0 Å². The van der Waals surface area contributed by atoms with Crippen LogP contribution in [-0.4, -0.2) is 19.2 Å². The molecule has 0 aliphatic carbocycles. The van der Waals surface area contributed by atoms with E-state index in [9.17, 15) is 5.11 Å². The number of aromatic hydroxyl groups is 1. The summed E-state index contributed by atoms with van der Waals surface area (Å²) < 4.78 is 0. The fourth-order valence-electron chi connectivity index (χ4n) is 2.92. The third-order valence-corrected chi connectivity index (χ3v) is 5.38. The number of hydrogen-bond donors (Lipinski definition) is 2. The molecule has 0 aliphatic rings. The van der Waals surface area contributed by atoms with Gasteiger partial charge in [0.25, 0.3) is 0 Å². The molecule has 0 saturated carbocycles. The van der Waals surface area contributed by atoms with Crippen molar-refractivity contribution in [3.8, 4) is 5.75 Å². The highest BCUT2D eigenvalue weighted by Crippen LogP contribution is 2.43. The second-order valence-corrected chi connectivity index (χ2v) is 10.2. The SMILES string of the molecule is CN(C)c1cc(Sc2cc(C(C)(C)C)c(O)c(C(C)(C)C)c2)ccc1N. The maximum Gasteiger partial charge on any atom is 0.123 e. The predicted molar refractivity (Wildman–Crippen MR) is 115 cm³/mol. The summed E-state index contributed by atoms with van der Waals surface area (Å²) in [4.78, 5) is 4.29. The lowest BCUT2D eigenvalue weighted by Gasteiger charge is -2.28. The Kier molecular flexibility index (Phi) is 5.57. The van der Waals surface area contributed by atoms with E-state index in [-0.39, 0.29) is 10.8 Å². The molecule has 0 spiro atoms. The standard InChI is InChI=1S/C22H32N2OS/c1-21(2,3)16-11-15(12-17(20(16)25)22(4,5)6)26-14-9-10-18(23)19(13-14)24(7)8/h9-13,25H,23H2,1-8H3. The minimum absolute atomic E-state index is 0.128. The van der Waals surface area contributed by atoms with Crippen LogP contribution in [0.2, 0.25) is 0 Å². The van der Waals surface area contributed by atoms with Crippen molar-refractivity contribution in [2.24, 2.45) is 0 Å². The number of rotatable bonds is 3. The van der Waals surface area contributed by atoms with Gasteiger partial charge in [-0.15, -0.1) is 0 Å². The van der Waals surface area contributed by atoms with Crippen molar-refractivity contribution in [1.82, 2.24) is 0 Å². The van der Waals surface area contributed by atoms with E-state index in [0.29, 0.717) is 5.75 Å². The van der Waals surface area contributed by atoms with Gasteiger partial charge in [0.05, 0.1) is 11.4 Å². The van der Waals surface area contributed by atoms with Crippen molar-refractivity contribution in [2.45, 2.75) is 62.2 Å². The lowest BCUT2D eigenvalue weighted by atomic mass is 9.79. The molecule has 4 heteroatoms. The Hall–Kier alpha value is -1.81. The maximum absolute atomic E-state index is 10.9. The Bertz CT molecular complexity index is 764. The van der Waals surface area contributed by atoms with Gasteiger partial charge in [-0.1, -0.05) is 53.3 Å². The van der Waals surface area contributed by atoms with Gasteiger partial charge in [0.2, 0.25) is 0 Å². The molecule has 3 nitrogen and oxygen atoms in total. The molecule has 2 rings (SSSR count). The molecule has 0 fully saturated rings. The van der Waals surface area contributed by atoms with Crippen LogP contribution in [0.4, 0.5) is 11.4 Å². The smallest absolute Gasteiger partial charge is 0.123 e. The molecule has 0 bridgehead atoms. The van der Waals surface area contributed by atoms with Crippen molar-refractivity contribution >= 4 is 23.1 Å². The quantitative estimate of drug-likeness (QED) is 0.670. The number of phenolic OH excluding ortho intramolecular Hbond substituents is 1. The Labute approximate surface area is 162 Å². The molecule has 2 aromatic rings. The maximum atomic E-state index is 10.9. The lowest BCUT2D eigenvalue weighted by molar-refractivity contribution is 0.422. The third-order valence-electron chi connectivity index (χ3n) is 4.42. The van der Waals surface area contributed by atoms with Gasteiger partial charge < -0.3 is 15.7 Å². The van der Waals surface area contributed by atoms with Gasteiger partial charge in [-0.25, -0.2) is 0 Å².